The third-order valence-corrected chi connectivity index (χ3v) is 4.18. The largest absolute Gasteiger partial charge is 0.436 e. The summed E-state index contributed by atoms with van der Waals surface area (Å²) in [4.78, 5) is 23.2. The first-order chi connectivity index (χ1) is 15.6. The lowest BCUT2D eigenvalue weighted by molar-refractivity contribution is 0.158. The maximum Gasteiger partial charge on any atom is 0.408 e. The molecule has 32 heavy (non-hydrogen) atoms. The molecule has 2 aromatic rings. The lowest BCUT2D eigenvalue weighted by Gasteiger charge is -2.05. The van der Waals surface area contributed by atoms with Gasteiger partial charge in [-0.1, -0.05) is 48.5 Å². The van der Waals surface area contributed by atoms with Crippen molar-refractivity contribution >= 4 is 12.2 Å². The number of hydrogen-bond donors (Lipinski definition) is 4. The minimum atomic E-state index is -0.576. The molecule has 8 nitrogen and oxygen atoms in total. The first-order valence-corrected chi connectivity index (χ1v) is 9.93. The molecular weight excluding hydrogens is 408 g/mol. The Morgan fingerprint density at radius 2 is 1.00 bits per heavy atom. The molecule has 0 bridgehead atoms. The molecule has 0 fully saturated rings. The van der Waals surface area contributed by atoms with Gasteiger partial charge < -0.3 is 31.6 Å². The van der Waals surface area contributed by atoms with E-state index in [2.05, 4.69) is 34.3 Å². The zero-order valence-corrected chi connectivity index (χ0v) is 17.6. The molecule has 0 radical (unpaired) electrons. The van der Waals surface area contributed by atoms with Gasteiger partial charge in [-0.2, -0.15) is 0 Å². The van der Waals surface area contributed by atoms with E-state index in [9.17, 15) is 9.59 Å². The third-order valence-electron chi connectivity index (χ3n) is 4.18. The normalized spacial score (nSPS) is 9.44. The van der Waals surface area contributed by atoms with Gasteiger partial charge in [0.25, 0.3) is 0 Å². The molecule has 166 valence electrons. The molecule has 0 heterocycles. The molecule has 0 aliphatic rings. The van der Waals surface area contributed by atoms with E-state index in [0.717, 1.165) is 22.3 Å². The Morgan fingerprint density at radius 1 is 0.656 bits per heavy atom. The summed E-state index contributed by atoms with van der Waals surface area (Å²) in [5.41, 5.74) is 15.0. The van der Waals surface area contributed by atoms with E-state index >= 15 is 0 Å². The van der Waals surface area contributed by atoms with Crippen LogP contribution in [0.5, 0.6) is 0 Å². The Kier molecular flexibility index (Phi) is 10.7. The van der Waals surface area contributed by atoms with Crippen LogP contribution in [0.2, 0.25) is 0 Å². The van der Waals surface area contributed by atoms with E-state index < -0.39 is 12.2 Å². The van der Waals surface area contributed by atoms with Crippen LogP contribution in [0, 0.1) is 23.7 Å². The number of carbonyl (C=O) groups is 2. The van der Waals surface area contributed by atoms with Gasteiger partial charge in [-0.15, -0.1) is 0 Å². The van der Waals surface area contributed by atoms with Crippen LogP contribution in [0.3, 0.4) is 0 Å². The minimum absolute atomic E-state index is 0.100. The van der Waals surface area contributed by atoms with Crippen LogP contribution in [0.15, 0.2) is 48.5 Å². The van der Waals surface area contributed by atoms with Gasteiger partial charge in [0.1, 0.15) is 0 Å². The second-order valence-corrected chi connectivity index (χ2v) is 6.50. The fraction of sp³-hybridized carbons (Fsp3) is 0.250. The highest BCUT2D eigenvalue weighted by molar-refractivity contribution is 5.67. The fourth-order valence-electron chi connectivity index (χ4n) is 2.40. The smallest absolute Gasteiger partial charge is 0.408 e. The second-order valence-electron chi connectivity index (χ2n) is 6.50. The van der Waals surface area contributed by atoms with Crippen LogP contribution >= 0.6 is 0 Å². The first kappa shape index (κ1) is 24.3. The van der Waals surface area contributed by atoms with Crippen LogP contribution in [0.25, 0.3) is 0 Å². The molecule has 2 aromatic carbocycles. The molecule has 6 N–H and O–H groups in total. The van der Waals surface area contributed by atoms with Crippen molar-refractivity contribution in [3.05, 3.63) is 70.8 Å². The maximum absolute atomic E-state index is 11.6. The second kappa shape index (κ2) is 14.1. The Morgan fingerprint density at radius 3 is 1.34 bits per heavy atom. The average Bonchev–Trinajstić information content (AvgIpc) is 2.83. The van der Waals surface area contributed by atoms with Gasteiger partial charge in [-0.05, 0) is 45.9 Å². The van der Waals surface area contributed by atoms with Crippen molar-refractivity contribution in [1.29, 1.82) is 0 Å². The Balaban J connectivity index is 1.55. The van der Waals surface area contributed by atoms with Crippen molar-refractivity contribution in [2.45, 2.75) is 26.2 Å². The number of ether oxygens (including phenoxy) is 2. The Hall–Kier alpha value is -3.98. The van der Waals surface area contributed by atoms with Gasteiger partial charge in [0, 0.05) is 26.2 Å². The zero-order chi connectivity index (χ0) is 23.0. The number of hydrogen-bond acceptors (Lipinski definition) is 6. The van der Waals surface area contributed by atoms with E-state index in [1.165, 1.54) is 0 Å². The molecular formula is C24H26N4O4. The summed E-state index contributed by atoms with van der Waals surface area (Å²) in [6.07, 6.45) is -1.15. The van der Waals surface area contributed by atoms with Crippen LogP contribution in [0.1, 0.15) is 22.3 Å². The number of rotatable bonds is 8. The van der Waals surface area contributed by atoms with Gasteiger partial charge in [0.15, 0.2) is 13.2 Å². The summed E-state index contributed by atoms with van der Waals surface area (Å²) in [5, 5.41) is 5.25. The molecule has 0 aliphatic heterocycles. The van der Waals surface area contributed by atoms with E-state index in [-0.39, 0.29) is 13.2 Å². The van der Waals surface area contributed by atoms with Crippen molar-refractivity contribution in [3.63, 3.8) is 0 Å². The quantitative estimate of drug-likeness (QED) is 0.469. The lowest BCUT2D eigenvalue weighted by atomic mass is 10.1. The van der Waals surface area contributed by atoms with Gasteiger partial charge in [-0.25, -0.2) is 9.59 Å². The predicted molar refractivity (Wildman–Crippen MR) is 121 cm³/mol. The molecule has 0 saturated heterocycles. The topological polar surface area (TPSA) is 129 Å². The van der Waals surface area contributed by atoms with Gasteiger partial charge in [-0.3, -0.25) is 0 Å². The van der Waals surface area contributed by atoms with Crippen LogP contribution in [-0.4, -0.2) is 25.4 Å². The number of benzene rings is 2. The van der Waals surface area contributed by atoms with Crippen molar-refractivity contribution in [1.82, 2.24) is 10.6 Å². The third kappa shape index (κ3) is 9.68. The van der Waals surface area contributed by atoms with Crippen LogP contribution in [0.4, 0.5) is 9.59 Å². The SMILES string of the molecule is NCc1ccc(CNC(=O)OCC#CC#CCOC(=O)NCc2ccc(CN)cc2)cc1. The van der Waals surface area contributed by atoms with Crippen LogP contribution in [-0.2, 0) is 35.7 Å². The van der Waals surface area contributed by atoms with Crippen molar-refractivity contribution in [3.8, 4) is 23.7 Å². The molecule has 0 saturated carbocycles. The highest BCUT2D eigenvalue weighted by Crippen LogP contribution is 2.04. The summed E-state index contributed by atoms with van der Waals surface area (Å²) < 4.78 is 9.86. The predicted octanol–water partition coefficient (Wildman–Crippen LogP) is 1.76. The highest BCUT2D eigenvalue weighted by atomic mass is 16.6. The minimum Gasteiger partial charge on any atom is -0.436 e. The maximum atomic E-state index is 11.6. The van der Waals surface area contributed by atoms with Gasteiger partial charge >= 0.3 is 12.2 Å². The zero-order valence-electron chi connectivity index (χ0n) is 17.6. The summed E-state index contributed by atoms with van der Waals surface area (Å²) in [5.74, 6) is 10.2. The summed E-state index contributed by atoms with van der Waals surface area (Å²) in [6, 6.07) is 15.2. The number of nitrogens with two attached hydrogens (primary N) is 2. The van der Waals surface area contributed by atoms with E-state index in [1.54, 1.807) is 0 Å². The number of carbonyl (C=O) groups excluding carboxylic acids is 2. The molecule has 2 rings (SSSR count). The van der Waals surface area contributed by atoms with E-state index in [4.69, 9.17) is 20.9 Å². The molecule has 0 aromatic heterocycles. The number of alkyl carbamates (subject to hydrolysis) is 2. The van der Waals surface area contributed by atoms with E-state index in [1.807, 2.05) is 48.5 Å². The highest BCUT2D eigenvalue weighted by Gasteiger charge is 2.01. The fourth-order valence-corrected chi connectivity index (χ4v) is 2.40. The number of amides is 2. The van der Waals surface area contributed by atoms with Crippen molar-refractivity contribution in [2.24, 2.45) is 11.5 Å². The van der Waals surface area contributed by atoms with Crippen LogP contribution < -0.4 is 22.1 Å². The number of nitrogens with one attached hydrogen (secondary N) is 2. The monoisotopic (exact) mass is 434 g/mol. The van der Waals surface area contributed by atoms with Crippen molar-refractivity contribution < 1.29 is 19.1 Å². The Labute approximate surface area is 187 Å². The molecule has 0 aliphatic carbocycles. The molecule has 0 atom stereocenters. The molecule has 8 heteroatoms. The summed E-state index contributed by atoms with van der Waals surface area (Å²) in [7, 11) is 0. The Bertz CT molecular complexity index is 913. The van der Waals surface area contributed by atoms with E-state index in [0.29, 0.717) is 26.2 Å². The summed E-state index contributed by atoms with van der Waals surface area (Å²) >= 11 is 0. The summed E-state index contributed by atoms with van der Waals surface area (Å²) in [6.45, 7) is 1.43. The average molecular weight is 434 g/mol. The first-order valence-electron chi connectivity index (χ1n) is 9.93. The molecule has 2 amide bonds. The van der Waals surface area contributed by atoms with Gasteiger partial charge in [0.2, 0.25) is 0 Å². The molecule has 0 unspecified atom stereocenters. The standard InChI is InChI=1S/C24H26N4O4/c25-15-19-5-9-21(10-6-19)17-27-23(29)31-13-3-1-2-4-14-32-24(30)28-18-22-11-7-20(16-26)8-12-22/h5-12H,13-18,25-26H2,(H,27,29)(H,28,30). The lowest BCUT2D eigenvalue weighted by Crippen LogP contribution is -2.23. The van der Waals surface area contributed by atoms with Crippen molar-refractivity contribution in [2.75, 3.05) is 13.2 Å². The molecule has 0 spiro atoms. The van der Waals surface area contributed by atoms with Gasteiger partial charge in [0.05, 0.1) is 0 Å².